The van der Waals surface area contributed by atoms with Crippen LogP contribution in [0.2, 0.25) is 0 Å². The second kappa shape index (κ2) is 8.90. The summed E-state index contributed by atoms with van der Waals surface area (Å²) < 4.78 is 52.3. The van der Waals surface area contributed by atoms with Crippen molar-refractivity contribution in [1.29, 1.82) is 0 Å². The number of hydrogen-bond acceptors (Lipinski definition) is 8. The molecule has 168 valence electrons. The third-order valence-electron chi connectivity index (χ3n) is 4.52. The van der Waals surface area contributed by atoms with Crippen molar-refractivity contribution in [2.75, 3.05) is 13.6 Å². The lowest BCUT2D eigenvalue weighted by atomic mass is 10.1. The number of ether oxygens (including phenoxy) is 2. The molecular formula is C19H19FN6O5S. The van der Waals surface area contributed by atoms with E-state index in [1.807, 2.05) is 0 Å². The van der Waals surface area contributed by atoms with Crippen molar-refractivity contribution in [3.05, 3.63) is 59.7 Å². The fraction of sp³-hybridized carbons (Fsp3) is 0.211. The molecule has 13 heteroatoms. The lowest BCUT2D eigenvalue weighted by molar-refractivity contribution is 0.141. The summed E-state index contributed by atoms with van der Waals surface area (Å²) in [7, 11) is -2.43. The first-order valence-electron chi connectivity index (χ1n) is 9.41. The molecule has 32 heavy (non-hydrogen) atoms. The molecule has 2 aliphatic rings. The first-order valence-corrected chi connectivity index (χ1v) is 10.9. The van der Waals surface area contributed by atoms with Gasteiger partial charge in [-0.2, -0.15) is 13.1 Å². The first kappa shape index (κ1) is 21.7. The molecule has 0 saturated carbocycles. The molecule has 11 nitrogen and oxygen atoms in total. The van der Waals surface area contributed by atoms with E-state index < -0.39 is 28.4 Å². The van der Waals surface area contributed by atoms with Gasteiger partial charge in [-0.05, 0) is 30.3 Å². The van der Waals surface area contributed by atoms with Gasteiger partial charge in [-0.3, -0.25) is 9.89 Å². The minimum absolute atomic E-state index is 0.138. The number of fused-ring (bicyclic) bond motifs is 1. The normalized spacial score (nSPS) is 17.8. The molecule has 0 bridgehead atoms. The Hall–Kier alpha value is -3.55. The van der Waals surface area contributed by atoms with Crippen LogP contribution < -0.4 is 24.2 Å². The zero-order chi connectivity index (χ0) is 22.7. The van der Waals surface area contributed by atoms with Gasteiger partial charge in [0, 0.05) is 36.8 Å². The van der Waals surface area contributed by atoms with Crippen molar-refractivity contribution < 1.29 is 27.1 Å². The van der Waals surface area contributed by atoms with E-state index in [1.165, 1.54) is 42.6 Å². The second-order valence-electron chi connectivity index (χ2n) is 6.75. The van der Waals surface area contributed by atoms with E-state index in [0.29, 0.717) is 11.4 Å². The molecule has 0 aliphatic carbocycles. The van der Waals surface area contributed by atoms with Crippen molar-refractivity contribution in [3.8, 4) is 17.4 Å². The van der Waals surface area contributed by atoms with Crippen molar-refractivity contribution in [2.24, 2.45) is 4.99 Å². The maximum Gasteiger partial charge on any atom is 0.415 e. The zero-order valence-corrected chi connectivity index (χ0v) is 17.6. The van der Waals surface area contributed by atoms with Gasteiger partial charge >= 0.3 is 6.09 Å². The fourth-order valence-electron chi connectivity index (χ4n) is 2.98. The Labute approximate surface area is 183 Å². The highest BCUT2D eigenvalue weighted by atomic mass is 32.2. The average molecular weight is 462 g/mol. The number of aromatic nitrogens is 1. The van der Waals surface area contributed by atoms with Gasteiger partial charge in [-0.15, -0.1) is 0 Å². The van der Waals surface area contributed by atoms with E-state index in [9.17, 15) is 17.6 Å². The molecule has 2 aliphatic heterocycles. The van der Waals surface area contributed by atoms with Crippen LogP contribution in [0, 0.1) is 5.82 Å². The number of amides is 1. The lowest BCUT2D eigenvalue weighted by Crippen LogP contribution is -2.50. The Morgan fingerprint density at radius 3 is 3.00 bits per heavy atom. The number of pyridine rings is 1. The van der Waals surface area contributed by atoms with E-state index in [4.69, 9.17) is 9.47 Å². The summed E-state index contributed by atoms with van der Waals surface area (Å²) in [6, 6.07) is 7.50. The van der Waals surface area contributed by atoms with E-state index >= 15 is 0 Å². The maximum atomic E-state index is 13.7. The molecule has 1 aromatic carbocycles. The van der Waals surface area contributed by atoms with E-state index in [1.54, 1.807) is 18.2 Å². The quantitative estimate of drug-likeness (QED) is 0.563. The molecule has 2 aromatic rings. The van der Waals surface area contributed by atoms with Crippen LogP contribution in [0.4, 0.5) is 9.18 Å². The SMILES string of the molecule is CNS(=O)(=O)NC1N=CC=C(CN2Cc3ccc(Oc4ncccc4F)cc3OC2=O)N1. The minimum Gasteiger partial charge on any atom is -0.436 e. The van der Waals surface area contributed by atoms with Crippen LogP contribution in [0.5, 0.6) is 17.4 Å². The smallest absolute Gasteiger partial charge is 0.415 e. The van der Waals surface area contributed by atoms with Gasteiger partial charge in [-0.25, -0.2) is 18.9 Å². The van der Waals surface area contributed by atoms with Gasteiger partial charge in [0.15, 0.2) is 12.1 Å². The Balaban J connectivity index is 1.42. The molecule has 1 aromatic heterocycles. The van der Waals surface area contributed by atoms with Gasteiger partial charge in [-0.1, -0.05) is 0 Å². The number of carbonyl (C=O) groups excluding carboxylic acids is 1. The summed E-state index contributed by atoms with van der Waals surface area (Å²) in [5.41, 5.74) is 1.28. The number of nitrogens with one attached hydrogen (secondary N) is 3. The van der Waals surface area contributed by atoms with Crippen LogP contribution in [0.15, 0.2) is 53.3 Å². The summed E-state index contributed by atoms with van der Waals surface area (Å²) in [4.78, 5) is 21.7. The highest BCUT2D eigenvalue weighted by Gasteiger charge is 2.27. The number of carbonyl (C=O) groups is 1. The fourth-order valence-corrected chi connectivity index (χ4v) is 3.51. The number of hydrogen-bond donors (Lipinski definition) is 3. The minimum atomic E-state index is -3.70. The highest BCUT2D eigenvalue weighted by Crippen LogP contribution is 2.32. The van der Waals surface area contributed by atoms with Crippen LogP contribution in [0.1, 0.15) is 5.56 Å². The average Bonchev–Trinajstić information content (AvgIpc) is 2.76. The van der Waals surface area contributed by atoms with Crippen molar-refractivity contribution in [1.82, 2.24) is 24.6 Å². The number of halogens is 1. The van der Waals surface area contributed by atoms with Gasteiger partial charge in [0.05, 0.1) is 13.1 Å². The third kappa shape index (κ3) is 5.01. The summed E-state index contributed by atoms with van der Waals surface area (Å²) in [6.07, 6.45) is 2.97. The topological polar surface area (TPSA) is 134 Å². The summed E-state index contributed by atoms with van der Waals surface area (Å²) in [5.74, 6) is -0.223. The van der Waals surface area contributed by atoms with Crippen LogP contribution in [-0.4, -0.2) is 50.5 Å². The Morgan fingerprint density at radius 1 is 1.38 bits per heavy atom. The maximum absolute atomic E-state index is 13.7. The molecule has 3 N–H and O–H groups in total. The standard InChI is InChI=1S/C19H19FN6O5S/c1-21-32(28,29)25-18-23-8-6-13(24-18)11-26-10-12-4-5-14(9-16(12)31-19(26)27)30-17-15(20)3-2-7-22-17/h2-9,18,21,24-25H,10-11H2,1H3. The second-order valence-corrected chi connectivity index (χ2v) is 8.40. The lowest BCUT2D eigenvalue weighted by Gasteiger charge is -2.30. The number of rotatable bonds is 7. The predicted molar refractivity (Wildman–Crippen MR) is 112 cm³/mol. The molecule has 3 heterocycles. The molecule has 0 spiro atoms. The zero-order valence-electron chi connectivity index (χ0n) is 16.8. The molecule has 1 amide bonds. The largest absolute Gasteiger partial charge is 0.436 e. The van der Waals surface area contributed by atoms with Gasteiger partial charge < -0.3 is 14.8 Å². The number of nitrogens with zero attached hydrogens (tertiary/aromatic N) is 3. The van der Waals surface area contributed by atoms with E-state index in [-0.39, 0.29) is 24.7 Å². The third-order valence-corrected chi connectivity index (χ3v) is 5.60. The van der Waals surface area contributed by atoms with E-state index in [2.05, 4.69) is 24.7 Å². The monoisotopic (exact) mass is 462 g/mol. The first-order chi connectivity index (χ1) is 15.3. The van der Waals surface area contributed by atoms with Crippen LogP contribution >= 0.6 is 0 Å². The number of allylic oxidation sites excluding steroid dienone is 1. The predicted octanol–water partition coefficient (Wildman–Crippen LogP) is 1.22. The van der Waals surface area contributed by atoms with Crippen molar-refractivity contribution >= 4 is 22.5 Å². The molecular weight excluding hydrogens is 443 g/mol. The summed E-state index contributed by atoms with van der Waals surface area (Å²) in [6.45, 7) is 0.384. The van der Waals surface area contributed by atoms with Crippen LogP contribution in [0.25, 0.3) is 0 Å². The molecule has 0 saturated heterocycles. The summed E-state index contributed by atoms with van der Waals surface area (Å²) >= 11 is 0. The van der Waals surface area contributed by atoms with Gasteiger partial charge in [0.1, 0.15) is 11.5 Å². The Kier molecular flexibility index (Phi) is 6.03. The molecule has 0 fully saturated rings. The highest BCUT2D eigenvalue weighted by molar-refractivity contribution is 7.87. The Morgan fingerprint density at radius 2 is 2.22 bits per heavy atom. The van der Waals surface area contributed by atoms with Gasteiger partial charge in [0.25, 0.3) is 16.1 Å². The van der Waals surface area contributed by atoms with E-state index in [0.717, 1.165) is 5.56 Å². The summed E-state index contributed by atoms with van der Waals surface area (Å²) in [5, 5.41) is 2.90. The van der Waals surface area contributed by atoms with Crippen LogP contribution in [-0.2, 0) is 16.8 Å². The molecule has 1 atom stereocenters. The number of benzene rings is 1. The molecule has 4 rings (SSSR count). The Bertz CT molecular complexity index is 1200. The van der Waals surface area contributed by atoms with Gasteiger partial charge in [0.2, 0.25) is 0 Å². The van der Waals surface area contributed by atoms with Crippen molar-refractivity contribution in [2.45, 2.75) is 12.8 Å². The molecule has 0 radical (unpaired) electrons. The van der Waals surface area contributed by atoms with Crippen molar-refractivity contribution in [3.63, 3.8) is 0 Å². The van der Waals surface area contributed by atoms with Crippen LogP contribution in [0.3, 0.4) is 0 Å². The number of aliphatic imine (C=N–C) groups is 1. The molecule has 1 unspecified atom stereocenters.